The third kappa shape index (κ3) is 2.66. The Labute approximate surface area is 113 Å². The number of hydrogen-bond acceptors (Lipinski definition) is 5. The number of carbonyl (C=O) groups excluding carboxylic acids is 1. The summed E-state index contributed by atoms with van der Waals surface area (Å²) in [5.41, 5.74) is 0.399. The van der Waals surface area contributed by atoms with Crippen LogP contribution in [0.5, 0.6) is 11.5 Å². The fraction of sp³-hybridized carbons (Fsp3) is 0.417. The van der Waals surface area contributed by atoms with E-state index < -0.39 is 5.79 Å². The van der Waals surface area contributed by atoms with Crippen LogP contribution in [-0.2, 0) is 4.74 Å². The highest BCUT2D eigenvalue weighted by atomic mass is 79.9. The monoisotopic (exact) mass is 316 g/mol. The van der Waals surface area contributed by atoms with Crippen molar-refractivity contribution in [1.29, 1.82) is 0 Å². The van der Waals surface area contributed by atoms with Crippen LogP contribution in [0.15, 0.2) is 16.6 Å². The van der Waals surface area contributed by atoms with Crippen LogP contribution in [0.25, 0.3) is 0 Å². The Bertz CT molecular complexity index is 484. The molecule has 0 fully saturated rings. The van der Waals surface area contributed by atoms with Crippen LogP contribution in [0.3, 0.4) is 0 Å². The third-order valence-electron chi connectivity index (χ3n) is 2.49. The van der Waals surface area contributed by atoms with Gasteiger partial charge < -0.3 is 19.3 Å². The molecule has 1 aliphatic rings. The minimum Gasteiger partial charge on any atom is -0.466 e. The van der Waals surface area contributed by atoms with Gasteiger partial charge in [-0.3, -0.25) is 4.79 Å². The van der Waals surface area contributed by atoms with Crippen LogP contribution < -0.4 is 9.47 Å². The van der Waals surface area contributed by atoms with Crippen LogP contribution >= 0.6 is 15.9 Å². The largest absolute Gasteiger partial charge is 0.466 e. The predicted molar refractivity (Wildman–Crippen MR) is 66.8 cm³/mol. The smallest absolute Gasteiger partial charge is 0.212 e. The van der Waals surface area contributed by atoms with E-state index in [4.69, 9.17) is 14.2 Å². The van der Waals surface area contributed by atoms with Gasteiger partial charge in [0, 0.05) is 14.0 Å². The number of methoxy groups -OCH3 is 1. The van der Waals surface area contributed by atoms with Crippen molar-refractivity contribution in [2.75, 3.05) is 13.9 Å². The summed E-state index contributed by atoms with van der Waals surface area (Å²) in [5, 5.41) is 9.78. The van der Waals surface area contributed by atoms with Crippen molar-refractivity contribution in [1.82, 2.24) is 0 Å². The first kappa shape index (κ1) is 13.3. The number of rotatable bonds is 3. The number of ketones is 1. The van der Waals surface area contributed by atoms with Gasteiger partial charge in [-0.15, -0.1) is 0 Å². The topological polar surface area (TPSA) is 65.0 Å². The van der Waals surface area contributed by atoms with E-state index in [1.807, 2.05) is 0 Å². The molecule has 0 radical (unpaired) electrons. The zero-order valence-corrected chi connectivity index (χ0v) is 11.6. The van der Waals surface area contributed by atoms with Gasteiger partial charge in [-0.1, -0.05) is 0 Å². The number of aliphatic hydroxyl groups is 1. The molecule has 0 amide bonds. The molecule has 1 aromatic rings. The van der Waals surface area contributed by atoms with Crippen LogP contribution in [-0.4, -0.2) is 30.6 Å². The van der Waals surface area contributed by atoms with E-state index >= 15 is 0 Å². The van der Waals surface area contributed by atoms with Gasteiger partial charge in [0.05, 0.1) is 16.5 Å². The Morgan fingerprint density at radius 2 is 2.28 bits per heavy atom. The third-order valence-corrected chi connectivity index (χ3v) is 3.10. The Morgan fingerprint density at radius 1 is 1.56 bits per heavy atom. The highest BCUT2D eigenvalue weighted by Gasteiger charge is 2.35. The lowest BCUT2D eigenvalue weighted by Crippen LogP contribution is -2.38. The molecule has 0 saturated carbocycles. The summed E-state index contributed by atoms with van der Waals surface area (Å²) in [7, 11) is 1.51. The molecule has 18 heavy (non-hydrogen) atoms. The molecule has 1 aliphatic heterocycles. The number of halogens is 1. The van der Waals surface area contributed by atoms with Crippen molar-refractivity contribution >= 4 is 21.7 Å². The van der Waals surface area contributed by atoms with Gasteiger partial charge >= 0.3 is 0 Å². The van der Waals surface area contributed by atoms with Gasteiger partial charge in [-0.05, 0) is 28.1 Å². The number of fused-ring (bicyclic) bond motifs is 1. The van der Waals surface area contributed by atoms with Crippen LogP contribution in [0.4, 0.5) is 0 Å². The van der Waals surface area contributed by atoms with E-state index in [2.05, 4.69) is 15.9 Å². The second-order valence-electron chi connectivity index (χ2n) is 4.21. The summed E-state index contributed by atoms with van der Waals surface area (Å²) in [6.07, 6.45) is -0.0780. The van der Waals surface area contributed by atoms with Crippen molar-refractivity contribution in [3.63, 3.8) is 0 Å². The lowest BCUT2D eigenvalue weighted by atomic mass is 9.99. The molecule has 1 atom stereocenters. The highest BCUT2D eigenvalue weighted by molar-refractivity contribution is 9.10. The summed E-state index contributed by atoms with van der Waals surface area (Å²) < 4.78 is 16.1. The maximum absolute atomic E-state index is 11.9. The lowest BCUT2D eigenvalue weighted by Gasteiger charge is -2.30. The van der Waals surface area contributed by atoms with Crippen LogP contribution in [0.2, 0.25) is 0 Å². The van der Waals surface area contributed by atoms with Gasteiger partial charge in [-0.25, -0.2) is 0 Å². The molecule has 5 nitrogen and oxygen atoms in total. The molecule has 0 spiro atoms. The molecule has 1 unspecified atom stereocenters. The first-order chi connectivity index (χ1) is 8.43. The molecule has 1 N–H and O–H groups in total. The summed E-state index contributed by atoms with van der Waals surface area (Å²) in [6.45, 7) is 1.54. The zero-order chi connectivity index (χ0) is 13.3. The minimum atomic E-state index is -1.46. The van der Waals surface area contributed by atoms with Crippen LogP contribution in [0, 0.1) is 0 Å². The van der Waals surface area contributed by atoms with Crippen LogP contribution in [0.1, 0.15) is 23.7 Å². The number of hydrogen-bond donors (Lipinski definition) is 1. The van der Waals surface area contributed by atoms with E-state index in [1.54, 1.807) is 12.1 Å². The van der Waals surface area contributed by atoms with Crippen molar-refractivity contribution in [2.24, 2.45) is 0 Å². The molecule has 0 saturated heterocycles. The highest BCUT2D eigenvalue weighted by Crippen LogP contribution is 2.38. The zero-order valence-electron chi connectivity index (χ0n) is 10.0. The molecule has 1 aromatic carbocycles. The quantitative estimate of drug-likeness (QED) is 0.865. The first-order valence-corrected chi connectivity index (χ1v) is 6.12. The summed E-state index contributed by atoms with van der Waals surface area (Å²) in [5.74, 6) is -0.809. The van der Waals surface area contributed by atoms with Crippen molar-refractivity contribution in [3.05, 3.63) is 22.2 Å². The van der Waals surface area contributed by atoms with Gasteiger partial charge in [0.2, 0.25) is 5.79 Å². The number of carbonyl (C=O) groups is 1. The average Bonchev–Trinajstić information content (AvgIpc) is 2.25. The van der Waals surface area contributed by atoms with Gasteiger partial charge in [0.1, 0.15) is 11.5 Å². The van der Waals surface area contributed by atoms with E-state index in [0.717, 1.165) is 0 Å². The predicted octanol–water partition coefficient (Wildman–Crippen LogP) is 2.11. The number of Topliss-reactive ketones (excluding diaryl/α,β-unsaturated/α-hetero) is 1. The molecule has 98 valence electrons. The Kier molecular flexibility index (Phi) is 3.61. The number of benzene rings is 1. The normalized spacial score (nSPS) is 22.3. The lowest BCUT2D eigenvalue weighted by molar-refractivity contribution is -0.123. The maximum Gasteiger partial charge on any atom is 0.212 e. The molecule has 1 heterocycles. The Morgan fingerprint density at radius 3 is 2.94 bits per heavy atom. The molecule has 0 aliphatic carbocycles. The fourth-order valence-corrected chi connectivity index (χ4v) is 2.17. The second-order valence-corrected chi connectivity index (χ2v) is 5.06. The van der Waals surface area contributed by atoms with E-state index in [0.29, 0.717) is 21.5 Å². The van der Waals surface area contributed by atoms with E-state index in [-0.39, 0.29) is 19.0 Å². The number of ether oxygens (including phenoxy) is 3. The van der Waals surface area contributed by atoms with Gasteiger partial charge in [0.25, 0.3) is 0 Å². The van der Waals surface area contributed by atoms with Crippen molar-refractivity contribution in [3.8, 4) is 11.5 Å². The summed E-state index contributed by atoms with van der Waals surface area (Å²) >= 11 is 3.31. The summed E-state index contributed by atoms with van der Waals surface area (Å²) in [6, 6.07) is 3.18. The summed E-state index contributed by atoms with van der Waals surface area (Å²) in [4.78, 5) is 11.9. The minimum absolute atomic E-state index is 0.0780. The van der Waals surface area contributed by atoms with Gasteiger partial charge in [-0.2, -0.15) is 0 Å². The SMILES string of the molecule is COCOc1cc2c(cc1Br)OC(C)(O)CC2=O. The Balaban J connectivity index is 2.37. The molecule has 6 heteroatoms. The van der Waals surface area contributed by atoms with Gasteiger partial charge in [0.15, 0.2) is 12.6 Å². The fourth-order valence-electron chi connectivity index (χ4n) is 1.74. The molecular formula is C12H13BrO5. The van der Waals surface area contributed by atoms with E-state index in [1.165, 1.54) is 14.0 Å². The molecule has 0 aromatic heterocycles. The molecule has 0 bridgehead atoms. The van der Waals surface area contributed by atoms with E-state index in [9.17, 15) is 9.90 Å². The van der Waals surface area contributed by atoms with Crippen molar-refractivity contribution in [2.45, 2.75) is 19.1 Å². The Hall–Kier alpha value is -1.11. The first-order valence-electron chi connectivity index (χ1n) is 5.33. The standard InChI is InChI=1S/C12H13BrO5/c1-12(15)5-9(14)7-3-11(17-6-16-2)8(13)4-10(7)18-12/h3-4,15H,5-6H2,1-2H3. The molecule has 2 rings (SSSR count). The molecular weight excluding hydrogens is 304 g/mol. The average molecular weight is 317 g/mol. The maximum atomic E-state index is 11.9. The second kappa shape index (κ2) is 4.87. The van der Waals surface area contributed by atoms with Crippen molar-refractivity contribution < 1.29 is 24.1 Å².